The minimum Gasteiger partial charge on any atom is -0.496 e. The molecule has 2 aromatic carbocycles. The van der Waals surface area contributed by atoms with Crippen LogP contribution in [0.3, 0.4) is 0 Å². The largest absolute Gasteiger partial charge is 0.496 e. The predicted molar refractivity (Wildman–Crippen MR) is 91.5 cm³/mol. The van der Waals surface area contributed by atoms with Crippen LogP contribution < -0.4 is 9.47 Å². The number of amides is 1. The van der Waals surface area contributed by atoms with Gasteiger partial charge in [0, 0.05) is 29.7 Å². The molecule has 2 rings (SSSR count). The van der Waals surface area contributed by atoms with E-state index >= 15 is 0 Å². The van der Waals surface area contributed by atoms with Gasteiger partial charge in [-0.3, -0.25) is 4.79 Å². The van der Waals surface area contributed by atoms with Crippen LogP contribution in [0.2, 0.25) is 5.02 Å². The lowest BCUT2D eigenvalue weighted by molar-refractivity contribution is 0.0784. The van der Waals surface area contributed by atoms with Gasteiger partial charge in [0.1, 0.15) is 11.5 Å². The van der Waals surface area contributed by atoms with Gasteiger partial charge >= 0.3 is 0 Å². The molecular weight excluding hydrogens is 314 g/mol. The first-order valence-electron chi connectivity index (χ1n) is 7.19. The van der Waals surface area contributed by atoms with Gasteiger partial charge in [-0.05, 0) is 30.7 Å². The lowest BCUT2D eigenvalue weighted by Crippen LogP contribution is -2.26. The van der Waals surface area contributed by atoms with Crippen LogP contribution in [0, 0.1) is 6.92 Å². The molecule has 0 fully saturated rings. The van der Waals surface area contributed by atoms with Gasteiger partial charge in [-0.1, -0.05) is 29.8 Å². The molecule has 2 aromatic rings. The molecular formula is C18H20ClNO3. The summed E-state index contributed by atoms with van der Waals surface area (Å²) in [5.74, 6) is 1.12. The van der Waals surface area contributed by atoms with Gasteiger partial charge in [0.2, 0.25) is 0 Å². The molecule has 0 aromatic heterocycles. The van der Waals surface area contributed by atoms with Crippen LogP contribution >= 0.6 is 11.6 Å². The number of nitrogens with zero attached hydrogens (tertiary/aromatic N) is 1. The van der Waals surface area contributed by atoms with Crippen LogP contribution in [0.5, 0.6) is 11.5 Å². The Hall–Kier alpha value is -2.20. The Kier molecular flexibility index (Phi) is 5.50. The highest BCUT2D eigenvalue weighted by molar-refractivity contribution is 6.31. The van der Waals surface area contributed by atoms with Crippen LogP contribution in [-0.2, 0) is 6.54 Å². The maximum absolute atomic E-state index is 12.7. The third-order valence-electron chi connectivity index (χ3n) is 3.71. The second-order valence-electron chi connectivity index (χ2n) is 5.26. The second kappa shape index (κ2) is 7.38. The number of halogens is 1. The minimum absolute atomic E-state index is 0.124. The van der Waals surface area contributed by atoms with E-state index in [1.807, 2.05) is 31.2 Å². The Morgan fingerprint density at radius 2 is 1.70 bits per heavy atom. The zero-order valence-electron chi connectivity index (χ0n) is 13.7. The van der Waals surface area contributed by atoms with Crippen molar-refractivity contribution in [1.29, 1.82) is 0 Å². The smallest absolute Gasteiger partial charge is 0.254 e. The van der Waals surface area contributed by atoms with E-state index in [2.05, 4.69) is 0 Å². The number of carbonyl (C=O) groups is 1. The third-order valence-corrected chi connectivity index (χ3v) is 4.08. The highest BCUT2D eigenvalue weighted by Gasteiger charge is 2.17. The van der Waals surface area contributed by atoms with E-state index in [4.69, 9.17) is 21.1 Å². The lowest BCUT2D eigenvalue weighted by Gasteiger charge is -2.19. The molecule has 0 aliphatic heterocycles. The van der Waals surface area contributed by atoms with E-state index in [0.29, 0.717) is 28.6 Å². The van der Waals surface area contributed by atoms with E-state index in [1.165, 1.54) is 0 Å². The van der Waals surface area contributed by atoms with Crippen molar-refractivity contribution in [3.63, 3.8) is 0 Å². The monoisotopic (exact) mass is 333 g/mol. The molecule has 0 aliphatic rings. The van der Waals surface area contributed by atoms with Crippen LogP contribution in [0.25, 0.3) is 0 Å². The van der Waals surface area contributed by atoms with E-state index < -0.39 is 0 Å². The minimum atomic E-state index is -0.124. The Morgan fingerprint density at radius 1 is 1.13 bits per heavy atom. The third kappa shape index (κ3) is 3.77. The van der Waals surface area contributed by atoms with Gasteiger partial charge in [0.05, 0.1) is 14.2 Å². The first kappa shape index (κ1) is 17.2. The summed E-state index contributed by atoms with van der Waals surface area (Å²) in [5, 5.41) is 0.645. The standard InChI is InChI=1S/C18H20ClNO3/c1-12-16(22-3)9-14(10-17(12)23-4)18(21)20(2)11-13-7-5-6-8-15(13)19/h5-10H,11H2,1-4H3. The fourth-order valence-electron chi connectivity index (χ4n) is 2.38. The average molecular weight is 334 g/mol. The van der Waals surface area contributed by atoms with Crippen molar-refractivity contribution in [3.8, 4) is 11.5 Å². The number of benzene rings is 2. The van der Waals surface area contributed by atoms with Crippen molar-refractivity contribution in [2.75, 3.05) is 21.3 Å². The summed E-state index contributed by atoms with van der Waals surface area (Å²) in [5.41, 5.74) is 2.27. The van der Waals surface area contributed by atoms with Crippen molar-refractivity contribution in [1.82, 2.24) is 4.90 Å². The summed E-state index contributed by atoms with van der Waals surface area (Å²) in [6.07, 6.45) is 0. The molecule has 1 amide bonds. The summed E-state index contributed by atoms with van der Waals surface area (Å²) in [4.78, 5) is 14.3. The van der Waals surface area contributed by atoms with Crippen molar-refractivity contribution >= 4 is 17.5 Å². The summed E-state index contributed by atoms with van der Waals surface area (Å²) < 4.78 is 10.6. The van der Waals surface area contributed by atoms with Crippen molar-refractivity contribution in [2.24, 2.45) is 0 Å². The van der Waals surface area contributed by atoms with Crippen molar-refractivity contribution < 1.29 is 14.3 Å². The highest BCUT2D eigenvalue weighted by atomic mass is 35.5. The van der Waals surface area contributed by atoms with Crippen LogP contribution in [-0.4, -0.2) is 32.1 Å². The molecule has 0 saturated carbocycles. The summed E-state index contributed by atoms with van der Waals surface area (Å²) in [6, 6.07) is 10.9. The number of hydrogen-bond donors (Lipinski definition) is 0. The molecule has 0 heterocycles. The van der Waals surface area contributed by atoms with E-state index in [-0.39, 0.29) is 5.91 Å². The van der Waals surface area contributed by atoms with Gasteiger partial charge < -0.3 is 14.4 Å². The maximum Gasteiger partial charge on any atom is 0.254 e. The van der Waals surface area contributed by atoms with E-state index in [9.17, 15) is 4.79 Å². The van der Waals surface area contributed by atoms with Crippen LogP contribution in [0.1, 0.15) is 21.5 Å². The molecule has 4 nitrogen and oxygen atoms in total. The van der Waals surface area contributed by atoms with Crippen molar-refractivity contribution in [2.45, 2.75) is 13.5 Å². The van der Waals surface area contributed by atoms with Gasteiger partial charge in [0.15, 0.2) is 0 Å². The summed E-state index contributed by atoms with van der Waals surface area (Å²) >= 11 is 6.16. The zero-order chi connectivity index (χ0) is 17.0. The number of methoxy groups -OCH3 is 2. The van der Waals surface area contributed by atoms with Crippen molar-refractivity contribution in [3.05, 3.63) is 58.1 Å². The van der Waals surface area contributed by atoms with Gasteiger partial charge in [-0.2, -0.15) is 0 Å². The first-order valence-corrected chi connectivity index (χ1v) is 7.57. The van der Waals surface area contributed by atoms with Gasteiger partial charge in [0.25, 0.3) is 5.91 Å². The summed E-state index contributed by atoms with van der Waals surface area (Å²) in [6.45, 7) is 2.32. The molecule has 0 atom stereocenters. The zero-order valence-corrected chi connectivity index (χ0v) is 14.5. The SMILES string of the molecule is COc1cc(C(=O)N(C)Cc2ccccc2Cl)cc(OC)c1C. The Bertz CT molecular complexity index is 690. The normalized spacial score (nSPS) is 10.3. The average Bonchev–Trinajstić information content (AvgIpc) is 2.56. The number of hydrogen-bond acceptors (Lipinski definition) is 3. The molecule has 5 heteroatoms. The molecule has 0 saturated heterocycles. The van der Waals surface area contributed by atoms with Gasteiger partial charge in [-0.25, -0.2) is 0 Å². The van der Waals surface area contributed by atoms with Crippen LogP contribution in [0.15, 0.2) is 36.4 Å². The Labute approximate surface area is 141 Å². The highest BCUT2D eigenvalue weighted by Crippen LogP contribution is 2.30. The molecule has 0 unspecified atom stereocenters. The quantitative estimate of drug-likeness (QED) is 0.832. The van der Waals surface area contributed by atoms with E-state index in [1.54, 1.807) is 38.3 Å². The number of rotatable bonds is 5. The molecule has 0 aliphatic carbocycles. The second-order valence-corrected chi connectivity index (χ2v) is 5.67. The topological polar surface area (TPSA) is 38.8 Å². The molecule has 0 spiro atoms. The molecule has 0 N–H and O–H groups in total. The number of ether oxygens (including phenoxy) is 2. The molecule has 0 bridgehead atoms. The first-order chi connectivity index (χ1) is 11.0. The fourth-order valence-corrected chi connectivity index (χ4v) is 2.58. The Balaban J connectivity index is 2.27. The predicted octanol–water partition coefficient (Wildman–Crippen LogP) is 3.94. The number of carbonyl (C=O) groups excluding carboxylic acids is 1. The molecule has 0 radical (unpaired) electrons. The Morgan fingerprint density at radius 3 is 2.22 bits per heavy atom. The maximum atomic E-state index is 12.7. The van der Waals surface area contributed by atoms with Crippen LogP contribution in [0.4, 0.5) is 0 Å². The van der Waals surface area contributed by atoms with E-state index in [0.717, 1.165) is 11.1 Å². The fraction of sp³-hybridized carbons (Fsp3) is 0.278. The van der Waals surface area contributed by atoms with Gasteiger partial charge in [-0.15, -0.1) is 0 Å². The molecule has 23 heavy (non-hydrogen) atoms. The molecule has 122 valence electrons. The summed E-state index contributed by atoms with van der Waals surface area (Å²) in [7, 11) is 4.89. The lowest BCUT2D eigenvalue weighted by atomic mass is 10.1.